The van der Waals surface area contributed by atoms with Crippen LogP contribution in [0.3, 0.4) is 0 Å². The molecule has 1 N–H and O–H groups in total. The van der Waals surface area contributed by atoms with Gasteiger partial charge in [0.2, 0.25) is 11.8 Å². The minimum absolute atomic E-state index is 0.0520. The molecule has 3 rings (SSSR count). The highest BCUT2D eigenvalue weighted by atomic mass is 16.2. The molecule has 1 unspecified atom stereocenters. The van der Waals surface area contributed by atoms with Crippen LogP contribution in [0, 0.1) is 5.92 Å². The van der Waals surface area contributed by atoms with E-state index < -0.39 is 0 Å². The molecule has 0 aromatic carbocycles. The summed E-state index contributed by atoms with van der Waals surface area (Å²) in [6, 6.07) is 0.358. The molecule has 1 aromatic heterocycles. The van der Waals surface area contributed by atoms with Gasteiger partial charge in [-0.25, -0.2) is 4.98 Å². The summed E-state index contributed by atoms with van der Waals surface area (Å²) in [6.45, 7) is 1.04. The summed E-state index contributed by atoms with van der Waals surface area (Å²) >= 11 is 0. The maximum absolute atomic E-state index is 12.7. The zero-order valence-corrected chi connectivity index (χ0v) is 11.7. The summed E-state index contributed by atoms with van der Waals surface area (Å²) < 4.78 is 1.95. The summed E-state index contributed by atoms with van der Waals surface area (Å²) in [5.74, 6) is 1.05. The van der Waals surface area contributed by atoms with Crippen LogP contribution in [0.15, 0.2) is 12.4 Å². The fourth-order valence-corrected chi connectivity index (χ4v) is 2.65. The Morgan fingerprint density at radius 2 is 2.30 bits per heavy atom. The highest BCUT2D eigenvalue weighted by Crippen LogP contribution is 2.30. The van der Waals surface area contributed by atoms with Gasteiger partial charge in [0.15, 0.2) is 0 Å². The first kappa shape index (κ1) is 13.1. The number of piperidine rings is 1. The molecule has 1 saturated heterocycles. The molecular formula is C14H20N4O2. The third kappa shape index (κ3) is 2.69. The second-order valence-electron chi connectivity index (χ2n) is 5.69. The third-order valence-electron chi connectivity index (χ3n) is 4.12. The topological polar surface area (TPSA) is 67.2 Å². The second-order valence-corrected chi connectivity index (χ2v) is 5.69. The number of rotatable bonds is 4. The monoisotopic (exact) mass is 276 g/mol. The Bertz CT molecular complexity index is 511. The van der Waals surface area contributed by atoms with Crippen molar-refractivity contribution in [3.63, 3.8) is 0 Å². The third-order valence-corrected chi connectivity index (χ3v) is 4.12. The zero-order chi connectivity index (χ0) is 14.1. The van der Waals surface area contributed by atoms with E-state index in [1.54, 1.807) is 6.20 Å². The van der Waals surface area contributed by atoms with Gasteiger partial charge >= 0.3 is 0 Å². The van der Waals surface area contributed by atoms with Crippen LogP contribution in [0.25, 0.3) is 0 Å². The molecule has 1 atom stereocenters. The first-order chi connectivity index (χ1) is 9.65. The number of aryl methyl sites for hydroxylation is 1. The van der Waals surface area contributed by atoms with E-state index in [9.17, 15) is 9.59 Å². The Morgan fingerprint density at radius 1 is 1.50 bits per heavy atom. The quantitative estimate of drug-likeness (QED) is 0.867. The maximum Gasteiger partial charge on any atom is 0.228 e. The Hall–Kier alpha value is -1.85. The molecule has 20 heavy (non-hydrogen) atoms. The van der Waals surface area contributed by atoms with Gasteiger partial charge in [-0.3, -0.25) is 9.59 Å². The molecule has 2 aliphatic rings. The Kier molecular flexibility index (Phi) is 3.46. The van der Waals surface area contributed by atoms with Crippen molar-refractivity contribution in [3.05, 3.63) is 18.2 Å². The molecule has 0 radical (unpaired) electrons. The fourth-order valence-electron chi connectivity index (χ4n) is 2.65. The number of hydrogen-bond acceptors (Lipinski definition) is 3. The number of nitrogens with zero attached hydrogens (tertiary/aromatic N) is 3. The van der Waals surface area contributed by atoms with Crippen LogP contribution < -0.4 is 5.32 Å². The Balaban J connectivity index is 1.69. The lowest BCUT2D eigenvalue weighted by molar-refractivity contribution is -0.138. The Labute approximate surface area is 118 Å². The number of carbonyl (C=O) groups excluding carboxylic acids is 2. The molecule has 1 aromatic rings. The van der Waals surface area contributed by atoms with Crippen molar-refractivity contribution >= 4 is 11.8 Å². The van der Waals surface area contributed by atoms with Crippen molar-refractivity contribution in [2.45, 2.75) is 38.3 Å². The Morgan fingerprint density at radius 3 is 2.85 bits per heavy atom. The van der Waals surface area contributed by atoms with Crippen molar-refractivity contribution in [2.24, 2.45) is 13.0 Å². The SMILES string of the molecule is Cn1ccnc1CN(C(=O)C1CCC(=O)NC1)C1CC1. The van der Waals surface area contributed by atoms with Crippen LogP contribution in [-0.2, 0) is 23.2 Å². The van der Waals surface area contributed by atoms with Crippen LogP contribution in [-0.4, -0.2) is 38.9 Å². The lowest BCUT2D eigenvalue weighted by Crippen LogP contribution is -2.45. The highest BCUT2D eigenvalue weighted by Gasteiger charge is 2.37. The van der Waals surface area contributed by atoms with Gasteiger partial charge in [0.25, 0.3) is 0 Å². The minimum atomic E-state index is -0.0754. The van der Waals surface area contributed by atoms with Gasteiger partial charge in [-0.1, -0.05) is 0 Å². The van der Waals surface area contributed by atoms with Gasteiger partial charge < -0.3 is 14.8 Å². The van der Waals surface area contributed by atoms with E-state index in [2.05, 4.69) is 10.3 Å². The maximum atomic E-state index is 12.7. The van der Waals surface area contributed by atoms with Crippen LogP contribution in [0.2, 0.25) is 0 Å². The predicted molar refractivity (Wildman–Crippen MR) is 72.5 cm³/mol. The normalized spacial score (nSPS) is 22.4. The molecule has 108 valence electrons. The number of amides is 2. The van der Waals surface area contributed by atoms with E-state index in [0.717, 1.165) is 18.7 Å². The molecule has 0 spiro atoms. The highest BCUT2D eigenvalue weighted by molar-refractivity contribution is 5.84. The molecular weight excluding hydrogens is 256 g/mol. The predicted octanol–water partition coefficient (Wildman–Crippen LogP) is 0.437. The number of carbonyl (C=O) groups is 2. The summed E-state index contributed by atoms with van der Waals surface area (Å²) in [6.07, 6.45) is 6.92. The van der Waals surface area contributed by atoms with E-state index in [4.69, 9.17) is 0 Å². The van der Waals surface area contributed by atoms with Crippen LogP contribution in [0.5, 0.6) is 0 Å². The number of hydrogen-bond donors (Lipinski definition) is 1. The first-order valence-electron chi connectivity index (χ1n) is 7.18. The van der Waals surface area contributed by atoms with Gasteiger partial charge in [-0.2, -0.15) is 0 Å². The van der Waals surface area contributed by atoms with Crippen molar-refractivity contribution in [1.82, 2.24) is 19.8 Å². The molecule has 2 heterocycles. The fraction of sp³-hybridized carbons (Fsp3) is 0.643. The van der Waals surface area contributed by atoms with Gasteiger partial charge in [0, 0.05) is 38.4 Å². The molecule has 2 amide bonds. The van der Waals surface area contributed by atoms with Crippen molar-refractivity contribution in [2.75, 3.05) is 6.54 Å². The summed E-state index contributed by atoms with van der Waals surface area (Å²) in [7, 11) is 1.94. The average molecular weight is 276 g/mol. The second kappa shape index (κ2) is 5.26. The molecule has 6 heteroatoms. The van der Waals surface area contributed by atoms with Gasteiger partial charge in [-0.05, 0) is 19.3 Å². The molecule has 2 fully saturated rings. The van der Waals surface area contributed by atoms with E-state index >= 15 is 0 Å². The van der Waals surface area contributed by atoms with Gasteiger partial charge in [0.1, 0.15) is 5.82 Å². The van der Waals surface area contributed by atoms with E-state index in [-0.39, 0.29) is 17.7 Å². The van der Waals surface area contributed by atoms with Crippen LogP contribution in [0.1, 0.15) is 31.5 Å². The number of aromatic nitrogens is 2. The standard InChI is InChI=1S/C14H20N4O2/c1-17-7-6-15-12(17)9-18(11-3-4-11)14(20)10-2-5-13(19)16-8-10/h6-7,10-11H,2-5,8-9H2,1H3,(H,16,19). The number of nitrogens with one attached hydrogen (secondary N) is 1. The molecule has 1 aliphatic heterocycles. The molecule has 0 bridgehead atoms. The minimum Gasteiger partial charge on any atom is -0.355 e. The van der Waals surface area contributed by atoms with Gasteiger partial charge in [0.05, 0.1) is 12.5 Å². The van der Waals surface area contributed by atoms with E-state index in [1.807, 2.05) is 22.7 Å². The zero-order valence-electron chi connectivity index (χ0n) is 11.7. The van der Waals surface area contributed by atoms with Crippen molar-refractivity contribution < 1.29 is 9.59 Å². The summed E-state index contributed by atoms with van der Waals surface area (Å²) in [5, 5.41) is 2.79. The lowest BCUT2D eigenvalue weighted by Gasteiger charge is -2.29. The molecule has 1 saturated carbocycles. The summed E-state index contributed by atoms with van der Waals surface area (Å²) in [4.78, 5) is 30.1. The molecule has 6 nitrogen and oxygen atoms in total. The number of imidazole rings is 1. The van der Waals surface area contributed by atoms with Crippen LogP contribution in [0.4, 0.5) is 0 Å². The average Bonchev–Trinajstić information content (AvgIpc) is 3.20. The van der Waals surface area contributed by atoms with Gasteiger partial charge in [-0.15, -0.1) is 0 Å². The lowest BCUT2D eigenvalue weighted by atomic mass is 9.97. The van der Waals surface area contributed by atoms with E-state index in [1.165, 1.54) is 0 Å². The smallest absolute Gasteiger partial charge is 0.228 e. The first-order valence-corrected chi connectivity index (χ1v) is 7.18. The summed E-state index contributed by atoms with van der Waals surface area (Å²) in [5.41, 5.74) is 0. The largest absolute Gasteiger partial charge is 0.355 e. The molecule has 1 aliphatic carbocycles. The van der Waals surface area contributed by atoms with E-state index in [0.29, 0.717) is 32.0 Å². The van der Waals surface area contributed by atoms with Crippen molar-refractivity contribution in [1.29, 1.82) is 0 Å². The van der Waals surface area contributed by atoms with Crippen molar-refractivity contribution in [3.8, 4) is 0 Å². The van der Waals surface area contributed by atoms with Crippen LogP contribution >= 0.6 is 0 Å².